The second-order valence-corrected chi connectivity index (χ2v) is 11.1. The van der Waals surface area contributed by atoms with E-state index in [4.69, 9.17) is 9.47 Å². The minimum atomic E-state index is -0.242. The summed E-state index contributed by atoms with van der Waals surface area (Å²) < 4.78 is 12.8. The van der Waals surface area contributed by atoms with Gasteiger partial charge >= 0.3 is 5.97 Å². The Morgan fingerprint density at radius 3 is 2.64 bits per heavy atom. The number of aromatic nitrogens is 3. The third-order valence-electron chi connectivity index (χ3n) is 8.74. The Morgan fingerprint density at radius 1 is 1.15 bits per heavy atom. The van der Waals surface area contributed by atoms with Crippen LogP contribution in [0.25, 0.3) is 11.0 Å². The Morgan fingerprint density at radius 2 is 1.92 bits per heavy atom. The Bertz CT molecular complexity index is 1370. The van der Waals surface area contributed by atoms with Gasteiger partial charge in [-0.25, -0.2) is 4.68 Å². The van der Waals surface area contributed by atoms with Crippen LogP contribution in [0.1, 0.15) is 91.6 Å². The van der Waals surface area contributed by atoms with E-state index in [1.807, 2.05) is 38.1 Å². The van der Waals surface area contributed by atoms with Crippen LogP contribution < -0.4 is 4.74 Å². The fourth-order valence-corrected chi connectivity index (χ4v) is 6.80. The van der Waals surface area contributed by atoms with Gasteiger partial charge in [-0.2, -0.15) is 0 Å². The average Bonchev–Trinajstić information content (AvgIpc) is 3.56. The molecule has 208 valence electrons. The van der Waals surface area contributed by atoms with Gasteiger partial charge in [0.1, 0.15) is 16.8 Å². The first kappa shape index (κ1) is 27.2. The lowest BCUT2D eigenvalue weighted by Gasteiger charge is -2.32. The van der Waals surface area contributed by atoms with Crippen LogP contribution in [-0.4, -0.2) is 52.5 Å². The summed E-state index contributed by atoms with van der Waals surface area (Å²) in [4.78, 5) is 28.4. The van der Waals surface area contributed by atoms with Crippen LogP contribution in [0.15, 0.2) is 24.3 Å². The van der Waals surface area contributed by atoms with Gasteiger partial charge in [0.2, 0.25) is 5.91 Å². The van der Waals surface area contributed by atoms with Gasteiger partial charge in [-0.15, -0.1) is 5.10 Å². The average molecular weight is 533 g/mol. The zero-order valence-electron chi connectivity index (χ0n) is 23.8. The summed E-state index contributed by atoms with van der Waals surface area (Å²) in [5, 5.41) is 8.52. The van der Waals surface area contributed by atoms with Crippen molar-refractivity contribution in [1.29, 1.82) is 0 Å². The minimum absolute atomic E-state index is 0.0506. The molecule has 0 bridgehead atoms. The summed E-state index contributed by atoms with van der Waals surface area (Å²) in [7, 11) is 5.46. The minimum Gasteiger partial charge on any atom is -0.494 e. The highest BCUT2D eigenvalue weighted by Crippen LogP contribution is 2.45. The third-order valence-corrected chi connectivity index (χ3v) is 8.74. The van der Waals surface area contributed by atoms with Crippen LogP contribution in [0.3, 0.4) is 0 Å². The van der Waals surface area contributed by atoms with Crippen LogP contribution in [0.4, 0.5) is 0 Å². The van der Waals surface area contributed by atoms with Crippen LogP contribution in [-0.2, 0) is 27.8 Å². The van der Waals surface area contributed by atoms with Crippen LogP contribution in [0.2, 0.25) is 0 Å². The van der Waals surface area contributed by atoms with Crippen molar-refractivity contribution in [3.63, 3.8) is 0 Å². The van der Waals surface area contributed by atoms with Crippen molar-refractivity contribution >= 4 is 22.9 Å². The molecule has 5 rings (SSSR count). The number of hydrogen-bond donors (Lipinski definition) is 0. The van der Waals surface area contributed by atoms with Gasteiger partial charge in [0.25, 0.3) is 0 Å². The molecular weight excluding hydrogens is 492 g/mol. The van der Waals surface area contributed by atoms with Gasteiger partial charge in [-0.3, -0.25) is 9.59 Å². The largest absolute Gasteiger partial charge is 0.494 e. The zero-order chi connectivity index (χ0) is 27.7. The molecule has 2 atom stereocenters. The molecule has 2 unspecified atom stereocenters. The van der Waals surface area contributed by atoms with Crippen LogP contribution in [0, 0.1) is 12.8 Å². The Labute approximate surface area is 230 Å². The summed E-state index contributed by atoms with van der Waals surface area (Å²) in [6, 6.07) is 8.34. The number of aryl methyl sites for hydroxylation is 2. The summed E-state index contributed by atoms with van der Waals surface area (Å²) in [5.41, 5.74) is 7.25. The summed E-state index contributed by atoms with van der Waals surface area (Å²) >= 11 is 0. The van der Waals surface area contributed by atoms with E-state index in [9.17, 15) is 9.59 Å². The third kappa shape index (κ3) is 5.13. The van der Waals surface area contributed by atoms with E-state index in [0.29, 0.717) is 12.4 Å². The number of methoxy groups -OCH3 is 1. The molecule has 2 aliphatic rings. The highest BCUT2D eigenvalue weighted by atomic mass is 16.5. The second kappa shape index (κ2) is 11.4. The molecule has 0 radical (unpaired) electrons. The Hall–Kier alpha value is -3.42. The number of nitrogens with zero attached hydrogens (tertiary/aromatic N) is 4. The molecule has 1 saturated carbocycles. The fraction of sp³-hybridized carbons (Fsp3) is 0.548. The van der Waals surface area contributed by atoms with Crippen molar-refractivity contribution < 1.29 is 19.1 Å². The first-order chi connectivity index (χ1) is 18.8. The quantitative estimate of drug-likeness (QED) is 0.361. The van der Waals surface area contributed by atoms with Gasteiger partial charge in [0.15, 0.2) is 0 Å². The molecule has 1 amide bonds. The highest BCUT2D eigenvalue weighted by molar-refractivity contribution is 5.83. The van der Waals surface area contributed by atoms with Crippen molar-refractivity contribution in [3.05, 3.63) is 52.1 Å². The molecule has 0 N–H and O–H groups in total. The molecule has 3 aromatic rings. The van der Waals surface area contributed by atoms with Gasteiger partial charge in [0, 0.05) is 25.9 Å². The van der Waals surface area contributed by atoms with E-state index < -0.39 is 0 Å². The second-order valence-electron chi connectivity index (χ2n) is 11.1. The molecule has 8 nitrogen and oxygen atoms in total. The maximum atomic E-state index is 13.5. The molecule has 1 fully saturated rings. The lowest BCUT2D eigenvalue weighted by atomic mass is 9.83. The van der Waals surface area contributed by atoms with Gasteiger partial charge in [-0.1, -0.05) is 36.6 Å². The number of ether oxygens (including phenoxy) is 2. The molecule has 39 heavy (non-hydrogen) atoms. The number of esters is 1. The number of rotatable bonds is 8. The zero-order valence-corrected chi connectivity index (χ0v) is 23.8. The van der Waals surface area contributed by atoms with Crippen LogP contribution >= 0.6 is 0 Å². The first-order valence-corrected chi connectivity index (χ1v) is 14.3. The summed E-state index contributed by atoms with van der Waals surface area (Å²) in [5.74, 6) is 0.603. The van der Waals surface area contributed by atoms with E-state index in [-0.39, 0.29) is 36.2 Å². The smallest absolute Gasteiger partial charge is 0.306 e. The number of amides is 1. The van der Waals surface area contributed by atoms with E-state index in [0.717, 1.165) is 60.7 Å². The molecule has 2 aromatic carbocycles. The van der Waals surface area contributed by atoms with Gasteiger partial charge in [0.05, 0.1) is 26.2 Å². The molecule has 0 spiro atoms. The predicted molar refractivity (Wildman–Crippen MR) is 150 cm³/mol. The first-order valence-electron chi connectivity index (χ1n) is 14.3. The number of carbonyl (C=O) groups excluding carboxylic acids is 2. The van der Waals surface area contributed by atoms with E-state index in [1.54, 1.807) is 11.8 Å². The van der Waals surface area contributed by atoms with Crippen molar-refractivity contribution in [2.24, 2.45) is 13.0 Å². The van der Waals surface area contributed by atoms with Crippen LogP contribution in [0.5, 0.6) is 5.75 Å². The van der Waals surface area contributed by atoms with Gasteiger partial charge < -0.3 is 14.4 Å². The van der Waals surface area contributed by atoms with Crippen molar-refractivity contribution in [2.45, 2.75) is 77.2 Å². The molecular formula is C31H40N4O4. The maximum absolute atomic E-state index is 13.5. The fourth-order valence-electron chi connectivity index (χ4n) is 6.80. The van der Waals surface area contributed by atoms with Crippen molar-refractivity contribution in [3.8, 4) is 5.75 Å². The molecule has 0 saturated heterocycles. The summed E-state index contributed by atoms with van der Waals surface area (Å²) in [6.45, 7) is 4.30. The molecule has 0 aliphatic heterocycles. The van der Waals surface area contributed by atoms with E-state index in [1.165, 1.54) is 23.1 Å². The van der Waals surface area contributed by atoms with Crippen molar-refractivity contribution in [1.82, 2.24) is 19.9 Å². The Kier molecular flexibility index (Phi) is 7.91. The lowest BCUT2D eigenvalue weighted by Crippen LogP contribution is -2.36. The highest BCUT2D eigenvalue weighted by Gasteiger charge is 2.36. The standard InChI is InChI=1S/C31H40N4O4/c1-6-39-28(36)18-24(21-16-25-30(27(17-21)38-5)35(4)33-32-25)22-13-12-19(2)29-23(22)14-15-26(29)34(3)31(37)20-10-8-7-9-11-20/h12-13,16-17,20,24,26H,6-11,14-15,18H2,1-5H3. The van der Waals surface area contributed by atoms with Gasteiger partial charge in [-0.05, 0) is 79.5 Å². The van der Waals surface area contributed by atoms with Crippen molar-refractivity contribution in [2.75, 3.05) is 20.8 Å². The topological polar surface area (TPSA) is 86.6 Å². The van der Waals surface area contributed by atoms with E-state index in [2.05, 4.69) is 29.4 Å². The SMILES string of the molecule is CCOC(=O)CC(c1cc(OC)c2c(c1)nnn2C)c1ccc(C)c2c1CCC2N(C)C(=O)C1CCCCC1. The number of carbonyl (C=O) groups is 2. The molecule has 1 aromatic heterocycles. The molecule has 1 heterocycles. The number of benzene rings is 2. The lowest BCUT2D eigenvalue weighted by molar-refractivity contribution is -0.143. The maximum Gasteiger partial charge on any atom is 0.306 e. The van der Waals surface area contributed by atoms with E-state index >= 15 is 0 Å². The number of fused-ring (bicyclic) bond motifs is 2. The Balaban J connectivity index is 1.57. The monoisotopic (exact) mass is 532 g/mol. The molecule has 8 heteroatoms. The normalized spacial score (nSPS) is 18.1. The summed E-state index contributed by atoms with van der Waals surface area (Å²) in [6.07, 6.45) is 7.47. The predicted octanol–water partition coefficient (Wildman–Crippen LogP) is 5.40. The molecule has 2 aliphatic carbocycles. The number of hydrogen-bond acceptors (Lipinski definition) is 6.